The molecular weight excluding hydrogens is 370 g/mol. The van der Waals surface area contributed by atoms with Crippen LogP contribution in [0.4, 0.5) is 5.82 Å². The van der Waals surface area contributed by atoms with Crippen molar-refractivity contribution in [3.05, 3.63) is 16.2 Å². The van der Waals surface area contributed by atoms with E-state index in [9.17, 15) is 0 Å². The second-order valence-corrected chi connectivity index (χ2v) is 8.86. The van der Waals surface area contributed by atoms with E-state index in [4.69, 9.17) is 16.3 Å². The van der Waals surface area contributed by atoms with Crippen molar-refractivity contribution in [1.29, 1.82) is 0 Å². The number of morpholine rings is 1. The second-order valence-electron chi connectivity index (χ2n) is 7.39. The normalized spacial score (nSPS) is 23.0. The Hall–Kier alpha value is -0.990. The largest absolute Gasteiger partial charge is 0.378 e. The topological polar surface area (TPSA) is 44.7 Å². The van der Waals surface area contributed by atoms with E-state index in [0.29, 0.717) is 5.28 Å². The van der Waals surface area contributed by atoms with Crippen molar-refractivity contribution in [2.24, 2.45) is 0 Å². The standard InChI is InChI=1S/C18H24ClN5OS/c19-18-20-15-11-14(12-22-3-5-23(6-4-22)13-1-2-13)26-16(15)17(21-18)24-7-9-25-10-8-24/h11,13H,1-10,12H2. The number of anilines is 1. The van der Waals surface area contributed by atoms with Crippen LogP contribution in [0.2, 0.25) is 5.28 Å². The van der Waals surface area contributed by atoms with Crippen LogP contribution in [0.25, 0.3) is 10.2 Å². The summed E-state index contributed by atoms with van der Waals surface area (Å²) >= 11 is 8.02. The lowest BCUT2D eigenvalue weighted by atomic mass is 10.3. The molecule has 5 rings (SSSR count). The summed E-state index contributed by atoms with van der Waals surface area (Å²) in [6.45, 7) is 8.94. The van der Waals surface area contributed by atoms with E-state index in [1.54, 1.807) is 0 Å². The van der Waals surface area contributed by atoms with Gasteiger partial charge in [0.15, 0.2) is 5.82 Å². The number of hydrogen-bond donors (Lipinski definition) is 0. The Balaban J connectivity index is 1.34. The molecule has 2 aromatic rings. The molecule has 0 bridgehead atoms. The van der Waals surface area contributed by atoms with Gasteiger partial charge in [-0.05, 0) is 30.5 Å². The zero-order chi connectivity index (χ0) is 17.5. The predicted octanol–water partition coefficient (Wildman–Crippen LogP) is 2.46. The van der Waals surface area contributed by atoms with Crippen LogP contribution < -0.4 is 4.90 Å². The van der Waals surface area contributed by atoms with Crippen molar-refractivity contribution >= 4 is 39.0 Å². The molecule has 0 N–H and O–H groups in total. The molecule has 6 nitrogen and oxygen atoms in total. The highest BCUT2D eigenvalue weighted by Gasteiger charge is 2.31. The highest BCUT2D eigenvalue weighted by atomic mass is 35.5. The number of hydrogen-bond acceptors (Lipinski definition) is 7. The molecule has 0 unspecified atom stereocenters. The smallest absolute Gasteiger partial charge is 0.224 e. The molecule has 0 amide bonds. The van der Waals surface area contributed by atoms with Crippen LogP contribution in [-0.4, -0.2) is 78.3 Å². The number of rotatable bonds is 4. The zero-order valence-corrected chi connectivity index (χ0v) is 16.4. The number of halogens is 1. The van der Waals surface area contributed by atoms with Gasteiger partial charge in [-0.2, -0.15) is 4.98 Å². The third-order valence-electron chi connectivity index (χ3n) is 5.54. The number of nitrogens with zero attached hydrogens (tertiary/aromatic N) is 5. The molecule has 0 aromatic carbocycles. The Morgan fingerprint density at radius 3 is 2.58 bits per heavy atom. The third kappa shape index (κ3) is 3.55. The summed E-state index contributed by atoms with van der Waals surface area (Å²) in [5, 5.41) is 0.335. The van der Waals surface area contributed by atoms with Gasteiger partial charge in [-0.15, -0.1) is 11.3 Å². The van der Waals surface area contributed by atoms with Crippen molar-refractivity contribution < 1.29 is 4.74 Å². The molecule has 0 spiro atoms. The van der Waals surface area contributed by atoms with Crippen LogP contribution >= 0.6 is 22.9 Å². The van der Waals surface area contributed by atoms with Crippen molar-refractivity contribution in [2.45, 2.75) is 25.4 Å². The molecule has 2 aliphatic heterocycles. The lowest BCUT2D eigenvalue weighted by molar-refractivity contribution is 0.122. The number of ether oxygens (including phenoxy) is 1. The molecule has 0 atom stereocenters. The number of fused-ring (bicyclic) bond motifs is 1. The quantitative estimate of drug-likeness (QED) is 0.743. The second kappa shape index (κ2) is 7.20. The van der Waals surface area contributed by atoms with Crippen molar-refractivity contribution in [3.63, 3.8) is 0 Å². The fourth-order valence-corrected chi connectivity index (χ4v) is 5.28. The first-order valence-corrected chi connectivity index (χ1v) is 10.7. The third-order valence-corrected chi connectivity index (χ3v) is 6.81. The Morgan fingerprint density at radius 2 is 1.85 bits per heavy atom. The molecule has 8 heteroatoms. The van der Waals surface area contributed by atoms with Gasteiger partial charge in [-0.25, -0.2) is 4.98 Å². The summed E-state index contributed by atoms with van der Waals surface area (Å²) in [5.74, 6) is 0.970. The van der Waals surface area contributed by atoms with Gasteiger partial charge in [0, 0.05) is 56.7 Å². The average molecular weight is 394 g/mol. The summed E-state index contributed by atoms with van der Waals surface area (Å²) < 4.78 is 6.63. The highest BCUT2D eigenvalue weighted by Crippen LogP contribution is 2.34. The maximum atomic E-state index is 6.20. The maximum Gasteiger partial charge on any atom is 0.224 e. The van der Waals surface area contributed by atoms with Crippen molar-refractivity contribution in [2.75, 3.05) is 57.4 Å². The van der Waals surface area contributed by atoms with Crippen LogP contribution in [0.1, 0.15) is 17.7 Å². The van der Waals surface area contributed by atoms with E-state index < -0.39 is 0 Å². The SMILES string of the molecule is Clc1nc(N2CCOCC2)c2sc(CN3CCN(C4CC4)CC3)cc2n1. The molecule has 2 saturated heterocycles. The lowest BCUT2D eigenvalue weighted by Gasteiger charge is -2.34. The van der Waals surface area contributed by atoms with Crippen LogP contribution in [0.3, 0.4) is 0 Å². The van der Waals surface area contributed by atoms with Gasteiger partial charge in [0.2, 0.25) is 5.28 Å². The van der Waals surface area contributed by atoms with E-state index in [1.807, 2.05) is 11.3 Å². The first kappa shape index (κ1) is 17.1. The van der Waals surface area contributed by atoms with E-state index >= 15 is 0 Å². The van der Waals surface area contributed by atoms with E-state index in [2.05, 4.69) is 30.7 Å². The van der Waals surface area contributed by atoms with Gasteiger partial charge in [-0.1, -0.05) is 0 Å². The Kier molecular flexibility index (Phi) is 4.75. The monoisotopic (exact) mass is 393 g/mol. The minimum absolute atomic E-state index is 0.335. The predicted molar refractivity (Wildman–Crippen MR) is 105 cm³/mol. The summed E-state index contributed by atoms with van der Waals surface area (Å²) in [5.41, 5.74) is 0.975. The number of aromatic nitrogens is 2. The fraction of sp³-hybridized carbons (Fsp3) is 0.667. The van der Waals surface area contributed by atoms with Gasteiger partial charge in [-0.3, -0.25) is 9.80 Å². The molecule has 2 aromatic heterocycles. The fourth-order valence-electron chi connectivity index (χ4n) is 3.95. The summed E-state index contributed by atoms with van der Waals surface area (Å²) in [7, 11) is 0. The van der Waals surface area contributed by atoms with Crippen LogP contribution in [0, 0.1) is 0 Å². The molecule has 0 radical (unpaired) electrons. The zero-order valence-electron chi connectivity index (χ0n) is 14.9. The van der Waals surface area contributed by atoms with Gasteiger partial charge in [0.05, 0.1) is 23.4 Å². The average Bonchev–Trinajstić information content (AvgIpc) is 3.43. The van der Waals surface area contributed by atoms with Crippen LogP contribution in [0.15, 0.2) is 6.07 Å². The van der Waals surface area contributed by atoms with E-state index in [-0.39, 0.29) is 0 Å². The molecule has 26 heavy (non-hydrogen) atoms. The molecular formula is C18H24ClN5OS. The van der Waals surface area contributed by atoms with Crippen LogP contribution in [0.5, 0.6) is 0 Å². The van der Waals surface area contributed by atoms with Gasteiger partial charge < -0.3 is 9.64 Å². The summed E-state index contributed by atoms with van der Waals surface area (Å²) in [6, 6.07) is 3.08. The molecule has 3 aliphatic rings. The lowest BCUT2D eigenvalue weighted by Crippen LogP contribution is -2.46. The van der Waals surface area contributed by atoms with Crippen LogP contribution in [-0.2, 0) is 11.3 Å². The first-order chi connectivity index (χ1) is 12.8. The summed E-state index contributed by atoms with van der Waals surface area (Å²) in [4.78, 5) is 17.8. The Labute approximate surface area is 162 Å². The van der Waals surface area contributed by atoms with E-state index in [1.165, 1.54) is 30.8 Å². The van der Waals surface area contributed by atoms with Crippen molar-refractivity contribution in [1.82, 2.24) is 19.8 Å². The Morgan fingerprint density at radius 1 is 1.08 bits per heavy atom. The van der Waals surface area contributed by atoms with Gasteiger partial charge >= 0.3 is 0 Å². The minimum Gasteiger partial charge on any atom is -0.378 e. The van der Waals surface area contributed by atoms with Crippen molar-refractivity contribution in [3.8, 4) is 0 Å². The molecule has 4 heterocycles. The molecule has 1 saturated carbocycles. The minimum atomic E-state index is 0.335. The van der Waals surface area contributed by atoms with Gasteiger partial charge in [0.1, 0.15) is 0 Å². The van der Waals surface area contributed by atoms with E-state index in [0.717, 1.165) is 68.0 Å². The highest BCUT2D eigenvalue weighted by molar-refractivity contribution is 7.19. The first-order valence-electron chi connectivity index (χ1n) is 9.51. The number of piperazine rings is 1. The van der Waals surface area contributed by atoms with Gasteiger partial charge in [0.25, 0.3) is 0 Å². The maximum absolute atomic E-state index is 6.20. The molecule has 3 fully saturated rings. The number of thiophene rings is 1. The molecule has 140 valence electrons. The Bertz CT molecular complexity index is 781. The summed E-state index contributed by atoms with van der Waals surface area (Å²) in [6.07, 6.45) is 2.81. The molecule has 1 aliphatic carbocycles.